The molecule has 6 heteroatoms. The zero-order valence-electron chi connectivity index (χ0n) is 13.1. The third-order valence-electron chi connectivity index (χ3n) is 3.26. The fourth-order valence-corrected chi connectivity index (χ4v) is 3.12. The van der Waals surface area contributed by atoms with Gasteiger partial charge in [0.15, 0.2) is 0 Å². The summed E-state index contributed by atoms with van der Waals surface area (Å²) in [6.07, 6.45) is 0.668. The minimum Gasteiger partial charge on any atom is -0.493 e. The fourth-order valence-electron chi connectivity index (χ4n) is 2.29. The zero-order chi connectivity index (χ0) is 16.3. The summed E-state index contributed by atoms with van der Waals surface area (Å²) in [5.74, 6) is 1.04. The maximum absolute atomic E-state index is 12.0. The monoisotopic (exact) mass is 389 g/mol. The molecule has 1 fully saturated rings. The summed E-state index contributed by atoms with van der Waals surface area (Å²) in [5.41, 5.74) is -0.460. The van der Waals surface area contributed by atoms with Crippen molar-refractivity contribution in [2.24, 2.45) is 5.92 Å². The van der Waals surface area contributed by atoms with Crippen LogP contribution in [0.1, 0.15) is 27.2 Å². The number of rotatable bonds is 3. The van der Waals surface area contributed by atoms with Gasteiger partial charge >= 0.3 is 6.09 Å². The quantitative estimate of drug-likeness (QED) is 0.748. The SMILES string of the molecule is CC(C)(C)OC(=O)N1CC[C@H](COc2cc(Cl)cc(Br)c2)C1. The van der Waals surface area contributed by atoms with Crippen molar-refractivity contribution in [2.75, 3.05) is 19.7 Å². The number of benzene rings is 1. The van der Waals surface area contributed by atoms with Crippen LogP contribution in [0.3, 0.4) is 0 Å². The van der Waals surface area contributed by atoms with E-state index in [0.29, 0.717) is 30.6 Å². The average molecular weight is 391 g/mol. The van der Waals surface area contributed by atoms with Crippen LogP contribution in [-0.2, 0) is 4.74 Å². The van der Waals surface area contributed by atoms with E-state index >= 15 is 0 Å². The molecule has 0 N–H and O–H groups in total. The molecule has 0 radical (unpaired) electrons. The predicted molar refractivity (Wildman–Crippen MR) is 90.6 cm³/mol. The summed E-state index contributed by atoms with van der Waals surface area (Å²) in [6.45, 7) is 7.56. The summed E-state index contributed by atoms with van der Waals surface area (Å²) in [7, 11) is 0. The lowest BCUT2D eigenvalue weighted by atomic mass is 10.1. The Morgan fingerprint density at radius 3 is 2.77 bits per heavy atom. The molecule has 0 aromatic heterocycles. The molecule has 0 unspecified atom stereocenters. The molecule has 1 amide bonds. The Bertz CT molecular complexity index is 524. The van der Waals surface area contributed by atoms with Crippen LogP contribution < -0.4 is 4.74 Å². The van der Waals surface area contributed by atoms with Gasteiger partial charge in [-0.2, -0.15) is 0 Å². The maximum atomic E-state index is 12.0. The second-order valence-corrected chi connectivity index (χ2v) is 7.85. The normalized spacial score (nSPS) is 18.4. The van der Waals surface area contributed by atoms with E-state index in [1.807, 2.05) is 32.9 Å². The number of hydrogen-bond acceptors (Lipinski definition) is 3. The van der Waals surface area contributed by atoms with E-state index in [-0.39, 0.29) is 6.09 Å². The summed E-state index contributed by atoms with van der Waals surface area (Å²) in [5, 5.41) is 0.631. The van der Waals surface area contributed by atoms with Crippen molar-refractivity contribution in [1.29, 1.82) is 0 Å². The summed E-state index contributed by atoms with van der Waals surface area (Å²) >= 11 is 9.38. The zero-order valence-corrected chi connectivity index (χ0v) is 15.4. The molecule has 1 aromatic rings. The van der Waals surface area contributed by atoms with Crippen LogP contribution in [0.4, 0.5) is 4.79 Å². The van der Waals surface area contributed by atoms with Crippen molar-refractivity contribution in [3.63, 3.8) is 0 Å². The van der Waals surface area contributed by atoms with E-state index in [4.69, 9.17) is 21.1 Å². The second-order valence-electron chi connectivity index (χ2n) is 6.50. The van der Waals surface area contributed by atoms with Crippen LogP contribution in [-0.4, -0.2) is 36.3 Å². The molecule has 122 valence electrons. The van der Waals surface area contributed by atoms with Crippen LogP contribution in [0.25, 0.3) is 0 Å². The first-order chi connectivity index (χ1) is 10.2. The first-order valence-corrected chi connectivity index (χ1v) is 8.47. The molecule has 1 aliphatic rings. The van der Waals surface area contributed by atoms with E-state index in [1.54, 1.807) is 11.0 Å². The third-order valence-corrected chi connectivity index (χ3v) is 3.94. The van der Waals surface area contributed by atoms with Crippen LogP contribution in [0.2, 0.25) is 5.02 Å². The molecular formula is C16H21BrClNO3. The Morgan fingerprint density at radius 2 is 2.14 bits per heavy atom. The number of nitrogens with zero attached hydrogens (tertiary/aromatic N) is 1. The lowest BCUT2D eigenvalue weighted by Gasteiger charge is -2.24. The molecule has 0 spiro atoms. The van der Waals surface area contributed by atoms with Gasteiger partial charge in [0.25, 0.3) is 0 Å². The molecule has 1 atom stereocenters. The Labute approximate surface area is 144 Å². The Morgan fingerprint density at radius 1 is 1.41 bits per heavy atom. The first kappa shape index (κ1) is 17.4. The van der Waals surface area contributed by atoms with E-state index in [9.17, 15) is 4.79 Å². The van der Waals surface area contributed by atoms with Crippen LogP contribution in [0, 0.1) is 5.92 Å². The van der Waals surface area contributed by atoms with E-state index in [2.05, 4.69) is 15.9 Å². The van der Waals surface area contributed by atoms with Crippen LogP contribution in [0.15, 0.2) is 22.7 Å². The minimum absolute atomic E-state index is 0.250. The number of hydrogen-bond donors (Lipinski definition) is 0. The van der Waals surface area contributed by atoms with Crippen molar-refractivity contribution >= 4 is 33.6 Å². The van der Waals surface area contributed by atoms with Gasteiger partial charge in [0, 0.05) is 28.5 Å². The molecule has 1 aromatic carbocycles. The topological polar surface area (TPSA) is 38.8 Å². The highest BCUT2D eigenvalue weighted by Crippen LogP contribution is 2.26. The summed E-state index contributed by atoms with van der Waals surface area (Å²) in [4.78, 5) is 13.8. The highest BCUT2D eigenvalue weighted by Gasteiger charge is 2.30. The van der Waals surface area contributed by atoms with Gasteiger partial charge < -0.3 is 14.4 Å². The molecule has 22 heavy (non-hydrogen) atoms. The highest BCUT2D eigenvalue weighted by molar-refractivity contribution is 9.10. The van der Waals surface area contributed by atoms with Gasteiger partial charge in [-0.3, -0.25) is 0 Å². The molecule has 0 aliphatic carbocycles. The third kappa shape index (κ3) is 5.36. The minimum atomic E-state index is -0.460. The molecule has 1 saturated heterocycles. The summed E-state index contributed by atoms with van der Waals surface area (Å²) in [6, 6.07) is 5.48. The summed E-state index contributed by atoms with van der Waals surface area (Å²) < 4.78 is 12.1. The molecule has 1 heterocycles. The number of carbonyl (C=O) groups is 1. The van der Waals surface area contributed by atoms with Gasteiger partial charge in [0.2, 0.25) is 0 Å². The van der Waals surface area contributed by atoms with E-state index in [1.165, 1.54) is 0 Å². The highest BCUT2D eigenvalue weighted by atomic mass is 79.9. The van der Waals surface area contributed by atoms with Gasteiger partial charge in [-0.05, 0) is 45.4 Å². The number of halogens is 2. The smallest absolute Gasteiger partial charge is 0.410 e. The van der Waals surface area contributed by atoms with Gasteiger partial charge in [-0.15, -0.1) is 0 Å². The molecular weight excluding hydrogens is 370 g/mol. The molecule has 4 nitrogen and oxygen atoms in total. The Kier molecular flexibility index (Phi) is 5.61. The van der Waals surface area contributed by atoms with Gasteiger partial charge in [-0.1, -0.05) is 27.5 Å². The van der Waals surface area contributed by atoms with Crippen molar-refractivity contribution in [1.82, 2.24) is 4.90 Å². The Hall–Kier alpha value is -0.940. The molecule has 0 bridgehead atoms. The molecule has 0 saturated carbocycles. The van der Waals surface area contributed by atoms with Crippen molar-refractivity contribution < 1.29 is 14.3 Å². The predicted octanol–water partition coefficient (Wildman–Crippen LogP) is 4.74. The van der Waals surface area contributed by atoms with Crippen molar-refractivity contribution in [3.05, 3.63) is 27.7 Å². The number of likely N-dealkylation sites (tertiary alicyclic amines) is 1. The first-order valence-electron chi connectivity index (χ1n) is 7.30. The van der Waals surface area contributed by atoms with E-state index < -0.39 is 5.60 Å². The van der Waals surface area contributed by atoms with Crippen molar-refractivity contribution in [2.45, 2.75) is 32.8 Å². The van der Waals surface area contributed by atoms with Gasteiger partial charge in [-0.25, -0.2) is 4.79 Å². The Balaban J connectivity index is 1.82. The van der Waals surface area contributed by atoms with Crippen LogP contribution >= 0.6 is 27.5 Å². The van der Waals surface area contributed by atoms with E-state index in [0.717, 1.165) is 16.6 Å². The number of amides is 1. The number of ether oxygens (including phenoxy) is 2. The number of carbonyl (C=O) groups excluding carboxylic acids is 1. The lowest BCUT2D eigenvalue weighted by Crippen LogP contribution is -2.35. The average Bonchev–Trinajstić information content (AvgIpc) is 2.82. The van der Waals surface area contributed by atoms with Crippen molar-refractivity contribution in [3.8, 4) is 5.75 Å². The lowest BCUT2D eigenvalue weighted by molar-refractivity contribution is 0.0285. The standard InChI is InChI=1S/C16H21BrClNO3/c1-16(2,3)22-15(20)19-5-4-11(9-19)10-21-14-7-12(17)6-13(18)8-14/h6-8,11H,4-5,9-10H2,1-3H3/t11-/m0/s1. The molecule has 1 aliphatic heterocycles. The van der Waals surface area contributed by atoms with Gasteiger partial charge in [0.1, 0.15) is 11.4 Å². The van der Waals surface area contributed by atoms with Gasteiger partial charge in [0.05, 0.1) is 6.61 Å². The van der Waals surface area contributed by atoms with Crippen LogP contribution in [0.5, 0.6) is 5.75 Å². The fraction of sp³-hybridized carbons (Fsp3) is 0.562. The largest absolute Gasteiger partial charge is 0.493 e. The second kappa shape index (κ2) is 7.09. The maximum Gasteiger partial charge on any atom is 0.410 e. The molecule has 2 rings (SSSR count).